The van der Waals surface area contributed by atoms with Crippen LogP contribution in [0, 0.1) is 20.8 Å². The van der Waals surface area contributed by atoms with Crippen molar-refractivity contribution >= 4 is 17.1 Å². The molecule has 0 aliphatic heterocycles. The summed E-state index contributed by atoms with van der Waals surface area (Å²) in [5.74, 6) is 0.0484. The van der Waals surface area contributed by atoms with Crippen LogP contribution >= 0.6 is 11.3 Å². The number of benzene rings is 1. The average Bonchev–Trinajstić information content (AvgIpc) is 2.83. The molecule has 1 aromatic heterocycles. The van der Waals surface area contributed by atoms with E-state index in [0.717, 1.165) is 28.8 Å². The lowest BCUT2D eigenvalue weighted by Gasteiger charge is -2.07. The van der Waals surface area contributed by atoms with Crippen LogP contribution < -0.4 is 0 Å². The summed E-state index contributed by atoms with van der Waals surface area (Å²) in [7, 11) is 0. The van der Waals surface area contributed by atoms with Gasteiger partial charge in [-0.05, 0) is 32.4 Å². The Morgan fingerprint density at radius 2 is 2.10 bits per heavy atom. The van der Waals surface area contributed by atoms with E-state index in [1.807, 2.05) is 44.5 Å². The number of carbonyl (C=O) groups excluding carboxylic acids is 1. The van der Waals surface area contributed by atoms with Crippen molar-refractivity contribution in [1.82, 2.24) is 4.98 Å². The fourth-order valence-corrected chi connectivity index (χ4v) is 2.77. The van der Waals surface area contributed by atoms with Crippen molar-refractivity contribution in [2.24, 2.45) is 0 Å². The van der Waals surface area contributed by atoms with E-state index in [4.69, 9.17) is 4.74 Å². The second-order valence-electron chi connectivity index (χ2n) is 4.91. The van der Waals surface area contributed by atoms with Crippen molar-refractivity contribution in [3.63, 3.8) is 0 Å². The van der Waals surface area contributed by atoms with Crippen LogP contribution in [0.5, 0.6) is 0 Å². The standard InChI is InChI=1S/C16H19NO2S/c1-11-4-5-12(2)14(8-11)15(18)9-19-7-6-16-13(3)17-10-20-16/h4-5,8,10H,6-7,9H2,1-3H3. The Morgan fingerprint density at radius 3 is 2.80 bits per heavy atom. The second-order valence-corrected chi connectivity index (χ2v) is 5.84. The van der Waals surface area contributed by atoms with Crippen LogP contribution in [0.3, 0.4) is 0 Å². The van der Waals surface area contributed by atoms with Crippen LogP contribution in [0.4, 0.5) is 0 Å². The van der Waals surface area contributed by atoms with Crippen molar-refractivity contribution in [1.29, 1.82) is 0 Å². The zero-order chi connectivity index (χ0) is 14.5. The highest BCUT2D eigenvalue weighted by Gasteiger charge is 2.09. The van der Waals surface area contributed by atoms with E-state index in [1.54, 1.807) is 11.3 Å². The average molecular weight is 289 g/mol. The van der Waals surface area contributed by atoms with Gasteiger partial charge in [-0.15, -0.1) is 11.3 Å². The van der Waals surface area contributed by atoms with Gasteiger partial charge in [0.25, 0.3) is 0 Å². The van der Waals surface area contributed by atoms with Gasteiger partial charge in [-0.1, -0.05) is 17.7 Å². The summed E-state index contributed by atoms with van der Waals surface area (Å²) in [6.07, 6.45) is 0.816. The van der Waals surface area contributed by atoms with E-state index >= 15 is 0 Å². The molecule has 20 heavy (non-hydrogen) atoms. The monoisotopic (exact) mass is 289 g/mol. The van der Waals surface area contributed by atoms with E-state index in [2.05, 4.69) is 4.98 Å². The number of hydrogen-bond acceptors (Lipinski definition) is 4. The molecule has 0 amide bonds. The molecule has 0 bridgehead atoms. The highest BCUT2D eigenvalue weighted by Crippen LogP contribution is 2.14. The quantitative estimate of drug-likeness (QED) is 0.603. The van der Waals surface area contributed by atoms with E-state index in [0.29, 0.717) is 6.61 Å². The number of rotatable bonds is 6. The van der Waals surface area contributed by atoms with E-state index in [-0.39, 0.29) is 12.4 Å². The summed E-state index contributed by atoms with van der Waals surface area (Å²) in [6.45, 7) is 6.63. The summed E-state index contributed by atoms with van der Waals surface area (Å²) in [6, 6.07) is 5.91. The number of thiazole rings is 1. The fourth-order valence-electron chi connectivity index (χ4n) is 2.01. The third-order valence-corrected chi connectivity index (χ3v) is 4.24. The number of hydrogen-bond donors (Lipinski definition) is 0. The molecule has 0 N–H and O–H groups in total. The Labute approximate surface area is 123 Å². The third-order valence-electron chi connectivity index (χ3n) is 3.24. The Balaban J connectivity index is 1.83. The number of Topliss-reactive ketones (excluding diaryl/α,β-unsaturated/α-hetero) is 1. The second kappa shape index (κ2) is 6.77. The first kappa shape index (κ1) is 14.9. The summed E-state index contributed by atoms with van der Waals surface area (Å²) < 4.78 is 5.50. The molecule has 2 rings (SSSR count). The van der Waals surface area contributed by atoms with Gasteiger partial charge in [0.1, 0.15) is 6.61 Å². The highest BCUT2D eigenvalue weighted by atomic mass is 32.1. The molecular weight excluding hydrogens is 270 g/mol. The molecule has 0 aliphatic rings. The highest BCUT2D eigenvalue weighted by molar-refractivity contribution is 7.09. The zero-order valence-electron chi connectivity index (χ0n) is 12.1. The molecule has 4 heteroatoms. The Bertz CT molecular complexity index is 604. The van der Waals surface area contributed by atoms with Crippen molar-refractivity contribution < 1.29 is 9.53 Å². The summed E-state index contributed by atoms with van der Waals surface area (Å²) in [5, 5.41) is 0. The molecule has 0 unspecified atom stereocenters. The molecule has 1 aromatic carbocycles. The van der Waals surface area contributed by atoms with Crippen LogP contribution in [0.25, 0.3) is 0 Å². The topological polar surface area (TPSA) is 39.2 Å². The molecule has 2 aromatic rings. The van der Waals surface area contributed by atoms with Gasteiger partial charge in [-0.3, -0.25) is 4.79 Å². The minimum Gasteiger partial charge on any atom is -0.373 e. The SMILES string of the molecule is Cc1ccc(C)c(C(=O)COCCc2scnc2C)c1. The zero-order valence-corrected chi connectivity index (χ0v) is 12.9. The van der Waals surface area contributed by atoms with Gasteiger partial charge in [-0.25, -0.2) is 4.98 Å². The minimum absolute atomic E-state index is 0.0484. The van der Waals surface area contributed by atoms with Crippen LogP contribution in [-0.2, 0) is 11.2 Å². The van der Waals surface area contributed by atoms with E-state index < -0.39 is 0 Å². The van der Waals surface area contributed by atoms with Gasteiger partial charge < -0.3 is 4.74 Å². The molecular formula is C16H19NO2S. The first-order valence-corrected chi connectivity index (χ1v) is 7.53. The number of ether oxygens (including phenoxy) is 1. The normalized spacial score (nSPS) is 10.8. The third kappa shape index (κ3) is 3.74. The van der Waals surface area contributed by atoms with Crippen LogP contribution in [0.15, 0.2) is 23.7 Å². The lowest BCUT2D eigenvalue weighted by atomic mass is 10.0. The van der Waals surface area contributed by atoms with Crippen LogP contribution in [0.2, 0.25) is 0 Å². The Morgan fingerprint density at radius 1 is 1.30 bits per heavy atom. The van der Waals surface area contributed by atoms with E-state index in [1.165, 1.54) is 4.88 Å². The Kier molecular flexibility index (Phi) is 5.04. The first-order chi connectivity index (χ1) is 9.58. The van der Waals surface area contributed by atoms with Gasteiger partial charge in [0.2, 0.25) is 0 Å². The van der Waals surface area contributed by atoms with Crippen molar-refractivity contribution in [2.75, 3.05) is 13.2 Å². The van der Waals surface area contributed by atoms with E-state index in [9.17, 15) is 4.79 Å². The van der Waals surface area contributed by atoms with Crippen molar-refractivity contribution in [3.8, 4) is 0 Å². The molecule has 0 saturated heterocycles. The molecule has 1 heterocycles. The predicted molar refractivity (Wildman–Crippen MR) is 81.6 cm³/mol. The lowest BCUT2D eigenvalue weighted by molar-refractivity contribution is 0.0765. The molecule has 0 spiro atoms. The van der Waals surface area contributed by atoms with Crippen LogP contribution in [-0.4, -0.2) is 24.0 Å². The summed E-state index contributed by atoms with van der Waals surface area (Å²) >= 11 is 1.63. The number of carbonyl (C=O) groups is 1. The largest absolute Gasteiger partial charge is 0.373 e. The van der Waals surface area contributed by atoms with Gasteiger partial charge >= 0.3 is 0 Å². The lowest BCUT2D eigenvalue weighted by Crippen LogP contribution is -2.12. The van der Waals surface area contributed by atoms with Gasteiger partial charge in [0.05, 0.1) is 17.8 Å². The fraction of sp³-hybridized carbons (Fsp3) is 0.375. The molecule has 0 fully saturated rings. The van der Waals surface area contributed by atoms with Gasteiger partial charge in [0.15, 0.2) is 5.78 Å². The number of nitrogens with zero attached hydrogens (tertiary/aromatic N) is 1. The number of ketones is 1. The molecule has 106 valence electrons. The van der Waals surface area contributed by atoms with Gasteiger partial charge in [0, 0.05) is 16.9 Å². The maximum Gasteiger partial charge on any atom is 0.188 e. The maximum atomic E-state index is 12.1. The summed E-state index contributed by atoms with van der Waals surface area (Å²) in [5.41, 5.74) is 5.76. The maximum absolute atomic E-state index is 12.1. The molecule has 0 saturated carbocycles. The minimum atomic E-state index is 0.0484. The number of aryl methyl sites for hydroxylation is 3. The molecule has 0 atom stereocenters. The number of aromatic nitrogens is 1. The van der Waals surface area contributed by atoms with Gasteiger partial charge in [-0.2, -0.15) is 0 Å². The molecule has 3 nitrogen and oxygen atoms in total. The summed E-state index contributed by atoms with van der Waals surface area (Å²) in [4.78, 5) is 17.5. The van der Waals surface area contributed by atoms with Crippen LogP contribution in [0.1, 0.15) is 32.1 Å². The smallest absolute Gasteiger partial charge is 0.188 e. The molecule has 0 aliphatic carbocycles. The predicted octanol–water partition coefficient (Wildman–Crippen LogP) is 3.51. The van der Waals surface area contributed by atoms with Crippen molar-refractivity contribution in [3.05, 3.63) is 51.0 Å². The first-order valence-electron chi connectivity index (χ1n) is 6.65. The molecule has 0 radical (unpaired) electrons. The Hall–Kier alpha value is -1.52. The van der Waals surface area contributed by atoms with Crippen molar-refractivity contribution in [2.45, 2.75) is 27.2 Å².